The molecule has 25 heavy (non-hydrogen) atoms. The van der Waals surface area contributed by atoms with Crippen LogP contribution in [0.5, 0.6) is 0 Å². The molecule has 5 heteroatoms. The molecule has 5 nitrogen and oxygen atoms in total. The fourth-order valence-corrected chi connectivity index (χ4v) is 3.64. The van der Waals surface area contributed by atoms with Gasteiger partial charge in [0.1, 0.15) is 6.04 Å². The summed E-state index contributed by atoms with van der Waals surface area (Å²) in [6.07, 6.45) is 2.89. The number of carbonyl (C=O) groups is 2. The van der Waals surface area contributed by atoms with Crippen molar-refractivity contribution >= 4 is 11.8 Å². The third-order valence-electron chi connectivity index (χ3n) is 5.07. The monoisotopic (exact) mass is 346 g/mol. The van der Waals surface area contributed by atoms with Crippen LogP contribution in [0.15, 0.2) is 12.1 Å². The molecule has 1 aromatic rings. The van der Waals surface area contributed by atoms with Crippen LogP contribution in [0, 0.1) is 26.7 Å². The Morgan fingerprint density at radius 3 is 2.24 bits per heavy atom. The van der Waals surface area contributed by atoms with Crippen molar-refractivity contribution in [3.8, 4) is 0 Å². The highest BCUT2D eigenvalue weighted by molar-refractivity contribution is 5.89. The number of carbonyl (C=O) groups excluding carboxylic acids is 2. The van der Waals surface area contributed by atoms with Gasteiger partial charge in [-0.15, -0.1) is 0 Å². The van der Waals surface area contributed by atoms with Gasteiger partial charge in [0.05, 0.1) is 6.10 Å². The maximum atomic E-state index is 12.5. The lowest BCUT2D eigenvalue weighted by atomic mass is 9.99. The predicted octanol–water partition coefficient (Wildman–Crippen LogP) is 2.28. The maximum absolute atomic E-state index is 12.5. The molecule has 0 unspecified atom stereocenters. The first-order chi connectivity index (χ1) is 11.8. The van der Waals surface area contributed by atoms with E-state index >= 15 is 0 Å². The van der Waals surface area contributed by atoms with Gasteiger partial charge < -0.3 is 15.7 Å². The van der Waals surface area contributed by atoms with Crippen LogP contribution in [0.3, 0.4) is 0 Å². The second-order valence-electron chi connectivity index (χ2n) is 7.30. The van der Waals surface area contributed by atoms with E-state index in [9.17, 15) is 14.7 Å². The molecule has 2 rings (SSSR count). The van der Waals surface area contributed by atoms with E-state index in [1.807, 2.05) is 20.8 Å². The Labute approximate surface area is 150 Å². The topological polar surface area (TPSA) is 78.4 Å². The Kier molecular flexibility index (Phi) is 6.59. The van der Waals surface area contributed by atoms with Gasteiger partial charge in [-0.25, -0.2) is 0 Å². The van der Waals surface area contributed by atoms with Crippen molar-refractivity contribution in [2.75, 3.05) is 0 Å². The third-order valence-corrected chi connectivity index (χ3v) is 5.07. The number of aliphatic hydroxyl groups is 1. The molecule has 0 aliphatic heterocycles. The summed E-state index contributed by atoms with van der Waals surface area (Å²) < 4.78 is 0. The number of aliphatic hydroxyl groups excluding tert-OH is 1. The minimum absolute atomic E-state index is 0.0318. The molecule has 1 saturated carbocycles. The number of benzene rings is 1. The zero-order valence-electron chi connectivity index (χ0n) is 15.7. The average Bonchev–Trinajstić information content (AvgIpc) is 3.05. The summed E-state index contributed by atoms with van der Waals surface area (Å²) >= 11 is 0. The lowest BCUT2D eigenvalue weighted by Crippen LogP contribution is -2.53. The largest absolute Gasteiger partial charge is 0.391 e. The van der Waals surface area contributed by atoms with E-state index in [-0.39, 0.29) is 17.7 Å². The van der Waals surface area contributed by atoms with Crippen LogP contribution in [-0.4, -0.2) is 29.1 Å². The van der Waals surface area contributed by atoms with Crippen LogP contribution in [0.4, 0.5) is 0 Å². The van der Waals surface area contributed by atoms with Gasteiger partial charge in [-0.3, -0.25) is 9.59 Å². The summed E-state index contributed by atoms with van der Waals surface area (Å²) in [5.74, 6) is -0.502. The van der Waals surface area contributed by atoms with Crippen molar-refractivity contribution < 1.29 is 14.7 Å². The quantitative estimate of drug-likeness (QED) is 0.739. The number of amides is 2. The molecular weight excluding hydrogens is 316 g/mol. The van der Waals surface area contributed by atoms with Crippen molar-refractivity contribution in [1.82, 2.24) is 10.6 Å². The van der Waals surface area contributed by atoms with Gasteiger partial charge in [0, 0.05) is 12.5 Å². The molecule has 1 fully saturated rings. The first-order valence-electron chi connectivity index (χ1n) is 9.12. The summed E-state index contributed by atoms with van der Waals surface area (Å²) in [6.45, 7) is 8.01. The van der Waals surface area contributed by atoms with E-state index < -0.39 is 12.1 Å². The number of nitrogens with one attached hydrogen (secondary N) is 2. The fourth-order valence-electron chi connectivity index (χ4n) is 3.64. The first-order valence-corrected chi connectivity index (χ1v) is 9.12. The molecule has 138 valence electrons. The number of hydrogen-bond acceptors (Lipinski definition) is 3. The zero-order chi connectivity index (χ0) is 18.6. The smallest absolute Gasteiger partial charge is 0.245 e. The highest BCUT2D eigenvalue weighted by Crippen LogP contribution is 2.24. The Hall–Kier alpha value is -1.88. The van der Waals surface area contributed by atoms with E-state index in [0.717, 1.165) is 42.4 Å². The molecule has 0 saturated heterocycles. The zero-order valence-corrected chi connectivity index (χ0v) is 15.7. The van der Waals surface area contributed by atoms with Crippen molar-refractivity contribution in [3.63, 3.8) is 0 Å². The van der Waals surface area contributed by atoms with Crippen molar-refractivity contribution in [2.45, 2.75) is 72.1 Å². The second kappa shape index (κ2) is 8.48. The molecular formula is C20H30N2O3. The standard InChI is InChI=1S/C20H30N2O3/c1-12-9-13(2)17(14(3)10-12)11-21-20(25)18(15(4)23)22-19(24)16-7-5-6-8-16/h9-10,15-16,18,23H,5-8,11H2,1-4H3,(H,21,25)(H,22,24)/t15-,18-/m1/s1. The normalized spacial score (nSPS) is 17.2. The van der Waals surface area contributed by atoms with E-state index in [1.54, 1.807) is 0 Å². The summed E-state index contributed by atoms with van der Waals surface area (Å²) in [6, 6.07) is 3.25. The van der Waals surface area contributed by atoms with Crippen LogP contribution in [0.25, 0.3) is 0 Å². The molecule has 2 atom stereocenters. The number of rotatable bonds is 6. The van der Waals surface area contributed by atoms with Crippen LogP contribution in [-0.2, 0) is 16.1 Å². The van der Waals surface area contributed by atoms with Crippen molar-refractivity contribution in [2.24, 2.45) is 5.92 Å². The molecule has 1 aromatic carbocycles. The Balaban J connectivity index is 1.99. The highest BCUT2D eigenvalue weighted by Gasteiger charge is 2.30. The molecule has 3 N–H and O–H groups in total. The lowest BCUT2D eigenvalue weighted by Gasteiger charge is -2.23. The van der Waals surface area contributed by atoms with Crippen LogP contribution in [0.2, 0.25) is 0 Å². The van der Waals surface area contributed by atoms with Gasteiger partial charge >= 0.3 is 0 Å². The van der Waals surface area contributed by atoms with Crippen LogP contribution in [0.1, 0.15) is 54.9 Å². The van der Waals surface area contributed by atoms with Gasteiger partial charge in [0.15, 0.2) is 0 Å². The Morgan fingerprint density at radius 1 is 1.16 bits per heavy atom. The molecule has 2 amide bonds. The van der Waals surface area contributed by atoms with Crippen molar-refractivity contribution in [3.05, 3.63) is 34.4 Å². The Bertz CT molecular complexity index is 611. The summed E-state index contributed by atoms with van der Waals surface area (Å²) in [5, 5.41) is 15.5. The molecule has 0 heterocycles. The lowest BCUT2D eigenvalue weighted by molar-refractivity contribution is -0.133. The maximum Gasteiger partial charge on any atom is 0.245 e. The van der Waals surface area contributed by atoms with Gasteiger partial charge in [-0.05, 0) is 57.2 Å². The van der Waals surface area contributed by atoms with Gasteiger partial charge in [0.2, 0.25) is 11.8 Å². The van der Waals surface area contributed by atoms with Crippen molar-refractivity contribution in [1.29, 1.82) is 0 Å². The third kappa shape index (κ3) is 5.05. The minimum atomic E-state index is -0.939. The SMILES string of the molecule is Cc1cc(C)c(CNC(=O)[C@H](NC(=O)C2CCCC2)[C@@H](C)O)c(C)c1. The van der Waals surface area contributed by atoms with Gasteiger partial charge in [-0.1, -0.05) is 30.5 Å². The van der Waals surface area contributed by atoms with E-state index in [4.69, 9.17) is 0 Å². The Morgan fingerprint density at radius 2 is 1.72 bits per heavy atom. The number of hydrogen-bond donors (Lipinski definition) is 3. The van der Waals surface area contributed by atoms with Gasteiger partial charge in [0.25, 0.3) is 0 Å². The summed E-state index contributed by atoms with van der Waals surface area (Å²) in [4.78, 5) is 24.8. The fraction of sp³-hybridized carbons (Fsp3) is 0.600. The van der Waals surface area contributed by atoms with Gasteiger partial charge in [-0.2, -0.15) is 0 Å². The molecule has 0 bridgehead atoms. The molecule has 0 radical (unpaired) electrons. The highest BCUT2D eigenvalue weighted by atomic mass is 16.3. The number of aryl methyl sites for hydroxylation is 3. The van der Waals surface area contributed by atoms with E-state index in [1.165, 1.54) is 12.5 Å². The molecule has 0 aromatic heterocycles. The average molecular weight is 346 g/mol. The minimum Gasteiger partial charge on any atom is -0.391 e. The van der Waals surface area contributed by atoms with E-state index in [0.29, 0.717) is 6.54 Å². The van der Waals surface area contributed by atoms with Crippen LogP contribution < -0.4 is 10.6 Å². The van der Waals surface area contributed by atoms with E-state index in [2.05, 4.69) is 22.8 Å². The molecule has 0 spiro atoms. The first kappa shape index (κ1) is 19.4. The summed E-state index contributed by atoms with van der Waals surface area (Å²) in [7, 11) is 0. The predicted molar refractivity (Wildman–Crippen MR) is 98.1 cm³/mol. The molecule has 1 aliphatic carbocycles. The molecule has 1 aliphatic rings. The second-order valence-corrected chi connectivity index (χ2v) is 7.30. The van der Waals surface area contributed by atoms with Crippen LogP contribution >= 0.6 is 0 Å². The summed E-state index contributed by atoms with van der Waals surface area (Å²) in [5.41, 5.74) is 4.52.